The van der Waals surface area contributed by atoms with E-state index >= 15 is 0 Å². The second-order valence-corrected chi connectivity index (χ2v) is 6.81. The normalized spacial score (nSPS) is 11.6. The maximum Gasteiger partial charge on any atom is 0.338 e. The van der Waals surface area contributed by atoms with Crippen LogP contribution >= 0.6 is 23.2 Å². The number of halogens is 2. The predicted molar refractivity (Wildman–Crippen MR) is 105 cm³/mol. The van der Waals surface area contributed by atoms with Gasteiger partial charge in [0.15, 0.2) is 11.5 Å². The van der Waals surface area contributed by atoms with Gasteiger partial charge < -0.3 is 15.2 Å². The number of hydrogen-bond acceptors (Lipinski definition) is 5. The number of anilines is 2. The third kappa shape index (κ3) is 3.11. The molecule has 0 bridgehead atoms. The minimum atomic E-state index is -1.30. The number of nitro benzene ring substituents is 1. The van der Waals surface area contributed by atoms with Gasteiger partial charge in [-0.15, -0.1) is 0 Å². The molecule has 9 heteroatoms. The molecule has 1 aliphatic heterocycles. The molecule has 0 saturated carbocycles. The lowest BCUT2D eigenvalue weighted by molar-refractivity contribution is -0.384. The van der Waals surface area contributed by atoms with E-state index in [0.29, 0.717) is 21.5 Å². The summed E-state index contributed by atoms with van der Waals surface area (Å²) in [6.07, 6.45) is 0. The minimum absolute atomic E-state index is 0.0605. The summed E-state index contributed by atoms with van der Waals surface area (Å²) < 4.78 is 5.79. The molecule has 0 amide bonds. The van der Waals surface area contributed by atoms with E-state index in [1.54, 1.807) is 30.3 Å². The van der Waals surface area contributed by atoms with Crippen molar-refractivity contribution in [3.63, 3.8) is 0 Å². The SMILES string of the molecule is O=C(O)c1cc([N+](=O)[O-])cc2c1Nc1ccc(-c3ccc(Cl)c(Cl)c3)cc1O2. The van der Waals surface area contributed by atoms with Crippen LogP contribution in [0.3, 0.4) is 0 Å². The molecule has 1 heterocycles. The number of nitrogens with zero attached hydrogens (tertiary/aromatic N) is 1. The second-order valence-electron chi connectivity index (χ2n) is 6.00. The summed E-state index contributed by atoms with van der Waals surface area (Å²) in [5, 5.41) is 24.3. The van der Waals surface area contributed by atoms with Crippen LogP contribution in [-0.2, 0) is 0 Å². The molecule has 0 atom stereocenters. The van der Waals surface area contributed by atoms with Gasteiger partial charge in [-0.25, -0.2) is 4.79 Å². The van der Waals surface area contributed by atoms with E-state index in [-0.39, 0.29) is 22.7 Å². The Hall–Kier alpha value is -3.29. The molecule has 0 aromatic heterocycles. The summed E-state index contributed by atoms with van der Waals surface area (Å²) in [7, 11) is 0. The summed E-state index contributed by atoms with van der Waals surface area (Å²) in [4.78, 5) is 22.0. The zero-order valence-electron chi connectivity index (χ0n) is 13.9. The first-order valence-electron chi connectivity index (χ1n) is 7.93. The number of hydrogen-bond donors (Lipinski definition) is 2. The van der Waals surface area contributed by atoms with Crippen molar-refractivity contribution in [1.29, 1.82) is 0 Å². The monoisotopic (exact) mass is 416 g/mol. The fourth-order valence-corrected chi connectivity index (χ4v) is 3.20. The molecule has 3 aromatic rings. The third-order valence-corrected chi connectivity index (χ3v) is 4.98. The molecular formula is C19H10Cl2N2O5. The average Bonchev–Trinajstić information content (AvgIpc) is 2.67. The summed E-state index contributed by atoms with van der Waals surface area (Å²) >= 11 is 12.0. The number of nitro groups is 1. The Labute approximate surface area is 168 Å². The maximum absolute atomic E-state index is 11.5. The van der Waals surface area contributed by atoms with Crippen LogP contribution < -0.4 is 10.1 Å². The molecule has 0 saturated heterocycles. The molecule has 0 aliphatic carbocycles. The first kappa shape index (κ1) is 18.1. The smallest absolute Gasteiger partial charge is 0.338 e. The molecule has 1 aliphatic rings. The molecule has 0 unspecified atom stereocenters. The largest absolute Gasteiger partial charge is 0.478 e. The second kappa shape index (κ2) is 6.70. The number of ether oxygens (including phenoxy) is 1. The number of benzene rings is 3. The summed E-state index contributed by atoms with van der Waals surface area (Å²) in [5.74, 6) is -0.842. The first-order chi connectivity index (χ1) is 13.3. The topological polar surface area (TPSA) is 102 Å². The van der Waals surface area contributed by atoms with E-state index in [1.165, 1.54) is 6.07 Å². The van der Waals surface area contributed by atoms with Gasteiger partial charge in [-0.3, -0.25) is 10.1 Å². The van der Waals surface area contributed by atoms with Gasteiger partial charge in [0.05, 0.1) is 38.0 Å². The molecule has 0 radical (unpaired) electrons. The lowest BCUT2D eigenvalue weighted by Crippen LogP contribution is -2.10. The summed E-state index contributed by atoms with van der Waals surface area (Å²) in [6.45, 7) is 0. The predicted octanol–water partition coefficient (Wildman–Crippen LogP) is 6.12. The van der Waals surface area contributed by atoms with Crippen LogP contribution in [0.15, 0.2) is 48.5 Å². The number of aromatic carboxylic acids is 1. The fourth-order valence-electron chi connectivity index (χ4n) is 2.90. The standard InChI is InChI=1S/C19H10Cl2N2O5/c20-13-3-1-9(5-14(13)21)10-2-4-15-16(6-10)28-17-8-11(23(26)27)7-12(19(24)25)18(17)22-15/h1-8,22H,(H,24,25). The highest BCUT2D eigenvalue weighted by atomic mass is 35.5. The van der Waals surface area contributed by atoms with Gasteiger partial charge in [-0.1, -0.05) is 35.3 Å². The molecule has 2 N–H and O–H groups in total. The first-order valence-corrected chi connectivity index (χ1v) is 8.69. The minimum Gasteiger partial charge on any atom is -0.478 e. The Balaban J connectivity index is 1.79. The number of rotatable bonds is 3. The fraction of sp³-hybridized carbons (Fsp3) is 0. The van der Waals surface area contributed by atoms with Crippen LogP contribution in [0.1, 0.15) is 10.4 Å². The number of carboxylic acid groups (broad SMARTS) is 1. The number of fused-ring (bicyclic) bond motifs is 2. The Bertz CT molecular complexity index is 1160. The third-order valence-electron chi connectivity index (χ3n) is 4.24. The Kier molecular flexibility index (Phi) is 4.33. The van der Waals surface area contributed by atoms with E-state index in [1.807, 2.05) is 6.07 Å². The number of non-ortho nitro benzene ring substituents is 1. The molecule has 28 heavy (non-hydrogen) atoms. The number of carbonyl (C=O) groups is 1. The van der Waals surface area contributed by atoms with Crippen molar-refractivity contribution in [2.45, 2.75) is 0 Å². The van der Waals surface area contributed by atoms with Gasteiger partial charge in [0.1, 0.15) is 0 Å². The van der Waals surface area contributed by atoms with E-state index < -0.39 is 10.9 Å². The van der Waals surface area contributed by atoms with Crippen molar-refractivity contribution in [3.05, 3.63) is 74.3 Å². The highest BCUT2D eigenvalue weighted by molar-refractivity contribution is 6.42. The number of nitrogens with one attached hydrogen (secondary N) is 1. The van der Waals surface area contributed by atoms with E-state index in [0.717, 1.165) is 17.2 Å². The lowest BCUT2D eigenvalue weighted by atomic mass is 10.0. The molecule has 4 rings (SSSR count). The van der Waals surface area contributed by atoms with E-state index in [2.05, 4.69) is 5.32 Å². The van der Waals surface area contributed by atoms with Crippen molar-refractivity contribution in [1.82, 2.24) is 0 Å². The highest BCUT2D eigenvalue weighted by Crippen LogP contribution is 2.46. The zero-order valence-corrected chi connectivity index (χ0v) is 15.4. The molecule has 0 spiro atoms. The van der Waals surface area contributed by atoms with Crippen LogP contribution in [0.2, 0.25) is 10.0 Å². The Morgan fingerprint density at radius 2 is 1.71 bits per heavy atom. The van der Waals surface area contributed by atoms with Crippen molar-refractivity contribution >= 4 is 46.2 Å². The molecule has 7 nitrogen and oxygen atoms in total. The van der Waals surface area contributed by atoms with Crippen molar-refractivity contribution in [3.8, 4) is 22.6 Å². The maximum atomic E-state index is 11.5. The van der Waals surface area contributed by atoms with Gasteiger partial charge in [0.2, 0.25) is 0 Å². The average molecular weight is 417 g/mol. The Morgan fingerprint density at radius 1 is 1.00 bits per heavy atom. The van der Waals surface area contributed by atoms with Crippen LogP contribution in [0.5, 0.6) is 11.5 Å². The highest BCUT2D eigenvalue weighted by Gasteiger charge is 2.27. The molecule has 0 fully saturated rings. The van der Waals surface area contributed by atoms with Gasteiger partial charge >= 0.3 is 5.97 Å². The summed E-state index contributed by atoms with van der Waals surface area (Å²) in [5.41, 5.74) is 1.66. The van der Waals surface area contributed by atoms with Crippen molar-refractivity contribution in [2.24, 2.45) is 0 Å². The molecule has 140 valence electrons. The van der Waals surface area contributed by atoms with Gasteiger partial charge in [-0.05, 0) is 35.4 Å². The van der Waals surface area contributed by atoms with Crippen molar-refractivity contribution < 1.29 is 19.6 Å². The number of carboxylic acids is 1. The Morgan fingerprint density at radius 3 is 2.39 bits per heavy atom. The van der Waals surface area contributed by atoms with Gasteiger partial charge in [0.25, 0.3) is 5.69 Å². The van der Waals surface area contributed by atoms with Crippen LogP contribution in [-0.4, -0.2) is 16.0 Å². The molecular weight excluding hydrogens is 407 g/mol. The zero-order chi connectivity index (χ0) is 20.0. The van der Waals surface area contributed by atoms with Crippen molar-refractivity contribution in [2.75, 3.05) is 5.32 Å². The molecule has 3 aromatic carbocycles. The van der Waals surface area contributed by atoms with Gasteiger partial charge in [-0.2, -0.15) is 0 Å². The lowest BCUT2D eigenvalue weighted by Gasteiger charge is -2.23. The quantitative estimate of drug-likeness (QED) is 0.308. The van der Waals surface area contributed by atoms with Gasteiger partial charge in [0, 0.05) is 6.07 Å². The summed E-state index contributed by atoms with van der Waals surface area (Å²) in [6, 6.07) is 12.6. The van der Waals surface area contributed by atoms with E-state index in [9.17, 15) is 20.0 Å². The van der Waals surface area contributed by atoms with Crippen LogP contribution in [0.4, 0.5) is 17.1 Å². The van der Waals surface area contributed by atoms with Crippen LogP contribution in [0.25, 0.3) is 11.1 Å². The van der Waals surface area contributed by atoms with Crippen LogP contribution in [0, 0.1) is 10.1 Å². The van der Waals surface area contributed by atoms with E-state index in [4.69, 9.17) is 27.9 Å².